The van der Waals surface area contributed by atoms with Gasteiger partial charge in [0.1, 0.15) is 5.82 Å². The lowest BCUT2D eigenvalue weighted by Gasteiger charge is -2.32. The molecule has 9 heteroatoms. The molecular weight excluding hydrogens is 344 g/mol. The maximum Gasteiger partial charge on any atom is 0.223 e. The number of halogens is 1. The van der Waals surface area contributed by atoms with E-state index in [9.17, 15) is 4.79 Å². The Morgan fingerprint density at radius 1 is 1.40 bits per heavy atom. The smallest absolute Gasteiger partial charge is 0.223 e. The van der Waals surface area contributed by atoms with E-state index >= 15 is 0 Å². The molecule has 1 aliphatic rings. The van der Waals surface area contributed by atoms with Gasteiger partial charge in [-0.05, 0) is 31.4 Å². The number of nitrogens with one attached hydrogen (secondary N) is 2. The highest BCUT2D eigenvalue weighted by Gasteiger charge is 2.32. The normalized spacial score (nSPS) is 22.9. The molecule has 0 aliphatic heterocycles. The van der Waals surface area contributed by atoms with Gasteiger partial charge in [-0.2, -0.15) is 5.10 Å². The van der Waals surface area contributed by atoms with Gasteiger partial charge in [-0.3, -0.25) is 14.9 Å². The van der Waals surface area contributed by atoms with Crippen LogP contribution in [0.3, 0.4) is 0 Å². The van der Waals surface area contributed by atoms with Crippen LogP contribution < -0.4 is 11.1 Å². The lowest BCUT2D eigenvalue weighted by molar-refractivity contribution is -0.128. The first-order chi connectivity index (χ1) is 11.7. The van der Waals surface area contributed by atoms with Gasteiger partial charge in [-0.15, -0.1) is 12.4 Å². The Bertz CT molecular complexity index is 680. The number of amides is 1. The second-order valence-electron chi connectivity index (χ2n) is 6.01. The Morgan fingerprint density at radius 2 is 2.16 bits per heavy atom. The fourth-order valence-electron chi connectivity index (χ4n) is 2.98. The first-order valence-corrected chi connectivity index (χ1v) is 8.05. The molecule has 0 radical (unpaired) electrons. The van der Waals surface area contributed by atoms with E-state index in [1.165, 1.54) is 0 Å². The van der Waals surface area contributed by atoms with Crippen molar-refractivity contribution >= 4 is 18.3 Å². The first-order valence-electron chi connectivity index (χ1n) is 8.05. The van der Waals surface area contributed by atoms with E-state index in [2.05, 4.69) is 25.5 Å². The number of carbonyl (C=O) groups is 1. The standard InChI is InChI=1S/C16H22N6O2.ClH/c1-24-13-8-11(2-3-12(13)17)16(23)19-9-14-20-15(22-21-14)10-4-6-18-7-5-10;/h4-7,11-13H,2-3,8-9,17H2,1H3,(H,19,23)(H,20,21,22);1H/t11-,12+,13+;/m0./s1. The van der Waals surface area contributed by atoms with Crippen LogP contribution in [0, 0.1) is 5.92 Å². The monoisotopic (exact) mass is 366 g/mol. The Morgan fingerprint density at radius 3 is 2.88 bits per heavy atom. The molecule has 136 valence electrons. The zero-order chi connectivity index (χ0) is 16.9. The molecule has 1 fully saturated rings. The molecule has 2 aromatic rings. The summed E-state index contributed by atoms with van der Waals surface area (Å²) in [6.45, 7) is 0.317. The number of carbonyl (C=O) groups excluding carboxylic acids is 1. The van der Waals surface area contributed by atoms with Gasteiger partial charge in [0.25, 0.3) is 0 Å². The summed E-state index contributed by atoms with van der Waals surface area (Å²) in [7, 11) is 1.64. The minimum atomic E-state index is -0.0719. The number of methoxy groups -OCH3 is 1. The zero-order valence-corrected chi connectivity index (χ0v) is 14.8. The van der Waals surface area contributed by atoms with Crippen LogP contribution in [-0.4, -0.2) is 45.3 Å². The second kappa shape index (κ2) is 8.89. The predicted molar refractivity (Wildman–Crippen MR) is 94.8 cm³/mol. The average molecular weight is 367 g/mol. The van der Waals surface area contributed by atoms with E-state index in [0.717, 1.165) is 18.4 Å². The molecule has 0 saturated heterocycles. The van der Waals surface area contributed by atoms with Gasteiger partial charge >= 0.3 is 0 Å². The first kappa shape index (κ1) is 19.3. The van der Waals surface area contributed by atoms with Crippen LogP contribution in [0.25, 0.3) is 11.4 Å². The van der Waals surface area contributed by atoms with Crippen LogP contribution in [0.1, 0.15) is 25.1 Å². The number of nitrogens with two attached hydrogens (primary N) is 1. The highest BCUT2D eigenvalue weighted by Crippen LogP contribution is 2.25. The summed E-state index contributed by atoms with van der Waals surface area (Å²) in [5.74, 6) is 1.14. The van der Waals surface area contributed by atoms with Crippen molar-refractivity contribution in [3.8, 4) is 11.4 Å². The number of H-pyrrole nitrogens is 1. The summed E-state index contributed by atoms with van der Waals surface area (Å²) in [5.41, 5.74) is 6.87. The maximum absolute atomic E-state index is 12.3. The van der Waals surface area contributed by atoms with Crippen molar-refractivity contribution in [3.05, 3.63) is 30.4 Å². The molecule has 8 nitrogen and oxygen atoms in total. The molecule has 4 N–H and O–H groups in total. The lowest BCUT2D eigenvalue weighted by atomic mass is 9.83. The SMILES string of the molecule is CO[C@@H]1C[C@@H](C(=O)NCc2nc(-c3ccncc3)n[nH]2)CC[C@H]1N.Cl. The Hall–Kier alpha value is -2.03. The number of nitrogens with zero attached hydrogens (tertiary/aromatic N) is 3. The van der Waals surface area contributed by atoms with Crippen molar-refractivity contribution in [2.75, 3.05) is 7.11 Å². The number of rotatable bonds is 5. The van der Waals surface area contributed by atoms with Gasteiger partial charge in [-0.1, -0.05) is 0 Å². The number of pyridine rings is 1. The summed E-state index contributed by atoms with van der Waals surface area (Å²) in [5, 5.41) is 9.92. The van der Waals surface area contributed by atoms with Crippen LogP contribution in [-0.2, 0) is 16.1 Å². The number of aromatic nitrogens is 4. The van der Waals surface area contributed by atoms with Gasteiger partial charge < -0.3 is 15.8 Å². The quantitative estimate of drug-likeness (QED) is 0.727. The molecule has 1 aliphatic carbocycles. The van der Waals surface area contributed by atoms with Crippen molar-refractivity contribution in [3.63, 3.8) is 0 Å². The zero-order valence-electron chi connectivity index (χ0n) is 14.0. The highest BCUT2D eigenvalue weighted by atomic mass is 35.5. The molecule has 0 aromatic carbocycles. The molecule has 1 amide bonds. The van der Waals surface area contributed by atoms with Crippen LogP contribution in [0.4, 0.5) is 0 Å². The molecule has 2 aromatic heterocycles. The topological polar surface area (TPSA) is 119 Å². The van der Waals surface area contributed by atoms with Crippen LogP contribution in [0.15, 0.2) is 24.5 Å². The van der Waals surface area contributed by atoms with E-state index in [1.54, 1.807) is 19.5 Å². The molecule has 0 spiro atoms. The average Bonchev–Trinajstić information content (AvgIpc) is 3.10. The predicted octanol–water partition coefficient (Wildman–Crippen LogP) is 1.05. The van der Waals surface area contributed by atoms with Crippen molar-refractivity contribution in [1.82, 2.24) is 25.5 Å². The molecular formula is C16H23ClN6O2. The third-order valence-electron chi connectivity index (χ3n) is 4.42. The molecule has 0 bridgehead atoms. The summed E-state index contributed by atoms with van der Waals surface area (Å²) in [6.07, 6.45) is 5.55. The number of hydrogen-bond acceptors (Lipinski definition) is 6. The van der Waals surface area contributed by atoms with Crippen molar-refractivity contribution in [2.24, 2.45) is 11.7 Å². The minimum Gasteiger partial charge on any atom is -0.380 e. The fourth-order valence-corrected chi connectivity index (χ4v) is 2.98. The molecule has 1 saturated carbocycles. The number of hydrogen-bond donors (Lipinski definition) is 3. The van der Waals surface area contributed by atoms with Crippen molar-refractivity contribution in [2.45, 2.75) is 38.0 Å². The maximum atomic E-state index is 12.3. The van der Waals surface area contributed by atoms with E-state index in [4.69, 9.17) is 10.5 Å². The third-order valence-corrected chi connectivity index (χ3v) is 4.42. The minimum absolute atomic E-state index is 0. The van der Waals surface area contributed by atoms with Crippen LogP contribution >= 0.6 is 12.4 Å². The fraction of sp³-hybridized carbons (Fsp3) is 0.500. The second-order valence-corrected chi connectivity index (χ2v) is 6.01. The van der Waals surface area contributed by atoms with Crippen LogP contribution in [0.2, 0.25) is 0 Å². The van der Waals surface area contributed by atoms with Crippen LogP contribution in [0.5, 0.6) is 0 Å². The van der Waals surface area contributed by atoms with E-state index in [0.29, 0.717) is 24.6 Å². The summed E-state index contributed by atoms with van der Waals surface area (Å²) in [6, 6.07) is 3.68. The number of aromatic amines is 1. The molecule has 3 rings (SSSR count). The highest BCUT2D eigenvalue weighted by molar-refractivity contribution is 5.85. The van der Waals surface area contributed by atoms with Gasteiger partial charge in [-0.25, -0.2) is 4.98 Å². The largest absolute Gasteiger partial charge is 0.380 e. The number of ether oxygens (including phenoxy) is 1. The van der Waals surface area contributed by atoms with E-state index < -0.39 is 0 Å². The Kier molecular flexibility index (Phi) is 6.86. The summed E-state index contributed by atoms with van der Waals surface area (Å²) < 4.78 is 5.36. The summed E-state index contributed by atoms with van der Waals surface area (Å²) >= 11 is 0. The van der Waals surface area contributed by atoms with Crippen molar-refractivity contribution in [1.29, 1.82) is 0 Å². The van der Waals surface area contributed by atoms with Gasteiger partial charge in [0.05, 0.1) is 12.6 Å². The third kappa shape index (κ3) is 4.75. The van der Waals surface area contributed by atoms with Gasteiger partial charge in [0.2, 0.25) is 5.91 Å². The van der Waals surface area contributed by atoms with E-state index in [-0.39, 0.29) is 36.4 Å². The van der Waals surface area contributed by atoms with Gasteiger partial charge in [0.15, 0.2) is 5.82 Å². The Labute approximate surface area is 152 Å². The molecule has 2 heterocycles. The summed E-state index contributed by atoms with van der Waals surface area (Å²) in [4.78, 5) is 20.7. The van der Waals surface area contributed by atoms with E-state index in [1.807, 2.05) is 12.1 Å². The molecule has 3 atom stereocenters. The Balaban J connectivity index is 0.00000225. The van der Waals surface area contributed by atoms with Crippen molar-refractivity contribution < 1.29 is 9.53 Å². The lowest BCUT2D eigenvalue weighted by Crippen LogP contribution is -2.45. The van der Waals surface area contributed by atoms with Gasteiger partial charge in [0, 0.05) is 37.0 Å². The molecule has 25 heavy (non-hydrogen) atoms. The molecule has 0 unspecified atom stereocenters.